The molecule has 0 fully saturated rings. The predicted molar refractivity (Wildman–Crippen MR) is 112 cm³/mol. The zero-order chi connectivity index (χ0) is 23.0. The summed E-state index contributed by atoms with van der Waals surface area (Å²) in [6.07, 6.45) is -0.858. The third-order valence-electron chi connectivity index (χ3n) is 5.45. The van der Waals surface area contributed by atoms with Gasteiger partial charge in [0.15, 0.2) is 11.5 Å². The number of carbonyl (C=O) groups is 4. The molecule has 10 nitrogen and oxygen atoms in total. The van der Waals surface area contributed by atoms with Gasteiger partial charge in [-0.15, -0.1) is 0 Å². The molecule has 0 saturated heterocycles. The van der Waals surface area contributed by atoms with Crippen molar-refractivity contribution in [2.24, 2.45) is 0 Å². The molecular formula is C22H21N3O7. The summed E-state index contributed by atoms with van der Waals surface area (Å²) in [7, 11) is 4.10. The first-order chi connectivity index (χ1) is 15.4. The number of fused-ring (bicyclic) bond motifs is 5. The molecule has 2 heterocycles. The number of benzene rings is 2. The van der Waals surface area contributed by atoms with Crippen molar-refractivity contribution in [3.8, 4) is 11.5 Å². The highest BCUT2D eigenvalue weighted by atomic mass is 16.5. The Morgan fingerprint density at radius 1 is 1.00 bits per heavy atom. The molecule has 10 heteroatoms. The summed E-state index contributed by atoms with van der Waals surface area (Å²) in [5, 5.41) is 2.43. The third-order valence-corrected chi connectivity index (χ3v) is 5.45. The van der Waals surface area contributed by atoms with E-state index in [4.69, 9.17) is 9.47 Å². The smallest absolute Gasteiger partial charge is 0.325 e. The number of amides is 3. The number of carbonyl (C=O) groups excluding carboxylic acids is 4. The minimum absolute atomic E-state index is 0.254. The molecule has 0 saturated carbocycles. The Balaban J connectivity index is 1.80. The maximum absolute atomic E-state index is 13.5. The van der Waals surface area contributed by atoms with E-state index < -0.39 is 23.9 Å². The molecular weight excluding hydrogens is 418 g/mol. The maximum Gasteiger partial charge on any atom is 0.325 e. The lowest BCUT2D eigenvalue weighted by molar-refractivity contribution is -0.141. The van der Waals surface area contributed by atoms with E-state index >= 15 is 0 Å². The fourth-order valence-corrected chi connectivity index (χ4v) is 4.04. The Hall–Kier alpha value is -4.08. The van der Waals surface area contributed by atoms with E-state index in [2.05, 4.69) is 10.1 Å². The van der Waals surface area contributed by atoms with Gasteiger partial charge in [0.1, 0.15) is 19.3 Å². The number of anilines is 1. The average Bonchev–Trinajstić information content (AvgIpc) is 3.11. The van der Waals surface area contributed by atoms with Crippen LogP contribution in [0.3, 0.4) is 0 Å². The monoisotopic (exact) mass is 439 g/mol. The molecule has 1 N–H and O–H groups in total. The van der Waals surface area contributed by atoms with E-state index in [9.17, 15) is 19.2 Å². The van der Waals surface area contributed by atoms with E-state index in [-0.39, 0.29) is 35.9 Å². The van der Waals surface area contributed by atoms with Crippen molar-refractivity contribution >= 4 is 29.4 Å². The number of hydrogen-bond donors (Lipinski definition) is 1. The predicted octanol–water partition coefficient (Wildman–Crippen LogP) is 1.11. The van der Waals surface area contributed by atoms with Crippen molar-refractivity contribution in [1.82, 2.24) is 10.2 Å². The van der Waals surface area contributed by atoms with E-state index in [1.54, 1.807) is 36.4 Å². The summed E-state index contributed by atoms with van der Waals surface area (Å²) in [6, 6.07) is 10.0. The van der Waals surface area contributed by atoms with E-state index in [1.165, 1.54) is 31.1 Å². The van der Waals surface area contributed by atoms with Crippen molar-refractivity contribution < 1.29 is 33.4 Å². The van der Waals surface area contributed by atoms with Crippen LogP contribution < -0.4 is 19.7 Å². The summed E-state index contributed by atoms with van der Waals surface area (Å²) < 4.78 is 15.3. The van der Waals surface area contributed by atoms with Crippen LogP contribution in [0.15, 0.2) is 36.4 Å². The van der Waals surface area contributed by atoms with Crippen LogP contribution in [0, 0.1) is 0 Å². The topological polar surface area (TPSA) is 114 Å². The lowest BCUT2D eigenvalue weighted by Crippen LogP contribution is -2.51. The van der Waals surface area contributed by atoms with Crippen molar-refractivity contribution in [3.05, 3.63) is 53.1 Å². The van der Waals surface area contributed by atoms with E-state index in [0.29, 0.717) is 17.0 Å². The van der Waals surface area contributed by atoms with Gasteiger partial charge in [-0.3, -0.25) is 24.1 Å². The van der Waals surface area contributed by atoms with Gasteiger partial charge >= 0.3 is 5.97 Å². The van der Waals surface area contributed by atoms with Gasteiger partial charge in [-0.1, -0.05) is 18.2 Å². The molecule has 0 bridgehead atoms. The van der Waals surface area contributed by atoms with Gasteiger partial charge in [0.05, 0.1) is 38.1 Å². The van der Waals surface area contributed by atoms with Gasteiger partial charge in [-0.05, 0) is 18.2 Å². The minimum Gasteiger partial charge on any atom is -0.493 e. The molecule has 1 atom stereocenters. The van der Waals surface area contributed by atoms with Crippen LogP contribution in [0.25, 0.3) is 0 Å². The number of esters is 1. The van der Waals surface area contributed by atoms with Crippen LogP contribution in [0.2, 0.25) is 0 Å². The molecule has 166 valence electrons. The van der Waals surface area contributed by atoms with Crippen LogP contribution in [0.5, 0.6) is 11.5 Å². The lowest BCUT2D eigenvalue weighted by Gasteiger charge is -2.40. The van der Waals surface area contributed by atoms with Crippen LogP contribution in [0.4, 0.5) is 5.69 Å². The first kappa shape index (κ1) is 21.2. The molecule has 0 spiro atoms. The zero-order valence-electron chi connectivity index (χ0n) is 17.7. The summed E-state index contributed by atoms with van der Waals surface area (Å²) >= 11 is 0. The lowest BCUT2D eigenvalue weighted by atomic mass is 10.0. The van der Waals surface area contributed by atoms with Gasteiger partial charge in [0.2, 0.25) is 5.91 Å². The van der Waals surface area contributed by atoms with Crippen molar-refractivity contribution in [2.75, 3.05) is 39.3 Å². The highest BCUT2D eigenvalue weighted by Gasteiger charge is 2.50. The van der Waals surface area contributed by atoms with Gasteiger partial charge in [-0.25, -0.2) is 0 Å². The summed E-state index contributed by atoms with van der Waals surface area (Å²) in [6.45, 7) is -0.699. The van der Waals surface area contributed by atoms with Crippen molar-refractivity contribution in [2.45, 2.75) is 6.17 Å². The molecule has 2 aromatic rings. The first-order valence-electron chi connectivity index (χ1n) is 9.74. The fraction of sp³-hybridized carbons (Fsp3) is 0.273. The summed E-state index contributed by atoms with van der Waals surface area (Å²) in [4.78, 5) is 53.5. The molecule has 0 aliphatic carbocycles. The molecule has 0 unspecified atom stereocenters. The van der Waals surface area contributed by atoms with E-state index in [0.717, 1.165) is 0 Å². The molecule has 2 aliphatic heterocycles. The molecule has 0 aromatic heterocycles. The molecule has 2 aliphatic rings. The SMILES string of the molecule is COC(=O)CNC(=O)CN1C(=O)c2ccccc2N2C(=O)c3c(ccc(OC)c3OC)[C@@H]12. The van der Waals surface area contributed by atoms with Gasteiger partial charge < -0.3 is 24.4 Å². The number of nitrogens with zero attached hydrogens (tertiary/aromatic N) is 2. The third kappa shape index (κ3) is 3.20. The van der Waals surface area contributed by atoms with E-state index in [1.807, 2.05) is 0 Å². The normalized spacial score (nSPS) is 16.2. The molecule has 3 amide bonds. The Bertz CT molecular complexity index is 1130. The molecule has 32 heavy (non-hydrogen) atoms. The Morgan fingerprint density at radius 2 is 1.75 bits per heavy atom. The fourth-order valence-electron chi connectivity index (χ4n) is 4.04. The number of hydrogen-bond acceptors (Lipinski definition) is 7. The van der Waals surface area contributed by atoms with Crippen LogP contribution in [-0.4, -0.2) is 63.0 Å². The van der Waals surface area contributed by atoms with Crippen LogP contribution in [-0.2, 0) is 14.3 Å². The van der Waals surface area contributed by atoms with Gasteiger partial charge in [0.25, 0.3) is 11.8 Å². The molecule has 2 aromatic carbocycles. The first-order valence-corrected chi connectivity index (χ1v) is 9.74. The van der Waals surface area contributed by atoms with Gasteiger partial charge in [0, 0.05) is 5.56 Å². The molecule has 0 radical (unpaired) electrons. The number of nitrogens with one attached hydrogen (secondary N) is 1. The van der Waals surface area contributed by atoms with Crippen LogP contribution >= 0.6 is 0 Å². The average molecular weight is 439 g/mol. The second kappa shape index (κ2) is 8.22. The quantitative estimate of drug-likeness (QED) is 0.671. The van der Waals surface area contributed by atoms with Crippen LogP contribution in [0.1, 0.15) is 32.4 Å². The zero-order valence-corrected chi connectivity index (χ0v) is 17.7. The maximum atomic E-state index is 13.5. The number of rotatable bonds is 6. The minimum atomic E-state index is -0.858. The number of ether oxygens (including phenoxy) is 3. The molecule has 4 rings (SSSR count). The number of methoxy groups -OCH3 is 3. The Labute approximate surface area is 183 Å². The standard InChI is InChI=1S/C22H21N3O7/c1-30-15-9-8-13-18(19(15)32-3)22(29)25-14-7-5-4-6-12(14)21(28)24(20(13)25)11-16(26)23-10-17(27)31-2/h4-9,20H,10-11H2,1-3H3,(H,23,26)/t20-/m0/s1. The number of para-hydroxylation sites is 1. The summed E-state index contributed by atoms with van der Waals surface area (Å²) in [5.74, 6) is -1.34. The van der Waals surface area contributed by atoms with Gasteiger partial charge in [-0.2, -0.15) is 0 Å². The highest BCUT2D eigenvalue weighted by molar-refractivity contribution is 6.18. The van der Waals surface area contributed by atoms with Crippen molar-refractivity contribution in [3.63, 3.8) is 0 Å². The largest absolute Gasteiger partial charge is 0.493 e. The second-order valence-electron chi connectivity index (χ2n) is 7.12. The Kier molecular flexibility index (Phi) is 5.43. The Morgan fingerprint density at radius 3 is 2.44 bits per heavy atom. The highest BCUT2D eigenvalue weighted by Crippen LogP contribution is 2.49. The van der Waals surface area contributed by atoms with Crippen molar-refractivity contribution in [1.29, 1.82) is 0 Å². The summed E-state index contributed by atoms with van der Waals surface area (Å²) in [5.41, 5.74) is 1.50. The second-order valence-corrected chi connectivity index (χ2v) is 7.12.